The Bertz CT molecular complexity index is 1210. The highest BCUT2D eigenvalue weighted by atomic mass is 19.1. The predicted octanol–water partition coefficient (Wildman–Crippen LogP) is 4.82. The second-order valence-electron chi connectivity index (χ2n) is 6.70. The Labute approximate surface area is 183 Å². The van der Waals surface area contributed by atoms with Crippen LogP contribution in [0.25, 0.3) is 11.4 Å². The summed E-state index contributed by atoms with van der Waals surface area (Å²) in [4.78, 5) is 16.9. The number of esters is 1. The second-order valence-corrected chi connectivity index (χ2v) is 6.70. The van der Waals surface area contributed by atoms with Crippen LogP contribution in [0.5, 0.6) is 11.5 Å². The molecule has 7 nitrogen and oxygen atoms in total. The molecule has 0 N–H and O–H groups in total. The van der Waals surface area contributed by atoms with Crippen LogP contribution in [-0.4, -0.2) is 23.2 Å². The van der Waals surface area contributed by atoms with Crippen LogP contribution in [0.3, 0.4) is 0 Å². The Balaban J connectivity index is 1.40. The molecule has 0 aliphatic heterocycles. The van der Waals surface area contributed by atoms with E-state index in [4.69, 9.17) is 18.7 Å². The second kappa shape index (κ2) is 9.74. The van der Waals surface area contributed by atoms with E-state index in [1.165, 1.54) is 12.1 Å². The first-order chi connectivity index (χ1) is 15.6. The maximum absolute atomic E-state index is 13.1. The molecule has 1 heterocycles. The molecule has 1 aromatic heterocycles. The zero-order valence-corrected chi connectivity index (χ0v) is 17.2. The lowest BCUT2D eigenvalue weighted by atomic mass is 10.2. The first kappa shape index (κ1) is 21.0. The van der Waals surface area contributed by atoms with Crippen LogP contribution in [0.2, 0.25) is 0 Å². The quantitative estimate of drug-likeness (QED) is 0.368. The molecule has 0 aliphatic carbocycles. The van der Waals surface area contributed by atoms with E-state index in [-0.39, 0.29) is 30.5 Å². The molecule has 0 atom stereocenters. The van der Waals surface area contributed by atoms with E-state index in [0.29, 0.717) is 22.9 Å². The number of aromatic nitrogens is 2. The number of nitrogens with zero attached hydrogens (tertiary/aromatic N) is 2. The van der Waals surface area contributed by atoms with Crippen molar-refractivity contribution < 1.29 is 27.9 Å². The lowest BCUT2D eigenvalue weighted by Gasteiger charge is -2.10. The summed E-state index contributed by atoms with van der Waals surface area (Å²) in [5.74, 6) is 0.496. The Morgan fingerprint density at radius 1 is 0.938 bits per heavy atom. The molecule has 0 aliphatic rings. The van der Waals surface area contributed by atoms with Gasteiger partial charge in [0.15, 0.2) is 6.61 Å². The lowest BCUT2D eigenvalue weighted by Crippen LogP contribution is -2.08. The van der Waals surface area contributed by atoms with Crippen LogP contribution in [0.15, 0.2) is 77.3 Å². The van der Waals surface area contributed by atoms with Crippen molar-refractivity contribution in [3.63, 3.8) is 0 Å². The van der Waals surface area contributed by atoms with Gasteiger partial charge in [-0.15, -0.1) is 0 Å². The summed E-state index contributed by atoms with van der Waals surface area (Å²) in [6.07, 6.45) is 0. The van der Waals surface area contributed by atoms with Crippen molar-refractivity contribution in [1.29, 1.82) is 0 Å². The van der Waals surface area contributed by atoms with E-state index in [1.54, 1.807) is 55.6 Å². The van der Waals surface area contributed by atoms with E-state index >= 15 is 0 Å². The van der Waals surface area contributed by atoms with E-state index in [2.05, 4.69) is 10.1 Å². The van der Waals surface area contributed by atoms with Crippen molar-refractivity contribution in [3.8, 4) is 22.9 Å². The van der Waals surface area contributed by atoms with Gasteiger partial charge in [-0.2, -0.15) is 4.98 Å². The molecule has 4 aromatic rings. The number of ether oxygens (including phenoxy) is 3. The molecule has 8 heteroatoms. The first-order valence-electron chi connectivity index (χ1n) is 9.73. The standard InChI is InChI=1S/C24H19FN2O5/c1-29-20-8-4-2-6-18(20)23-26-22(32-27-23)15-31-24(28)19-7-3-5-9-21(19)30-14-16-10-12-17(25)13-11-16/h2-13H,14-15H2,1H3. The van der Waals surface area contributed by atoms with Gasteiger partial charge in [-0.3, -0.25) is 0 Å². The van der Waals surface area contributed by atoms with Gasteiger partial charge >= 0.3 is 5.97 Å². The average molecular weight is 434 g/mol. The van der Waals surface area contributed by atoms with Gasteiger partial charge in [0.1, 0.15) is 29.5 Å². The minimum Gasteiger partial charge on any atom is -0.496 e. The van der Waals surface area contributed by atoms with Gasteiger partial charge in [0.2, 0.25) is 5.82 Å². The van der Waals surface area contributed by atoms with Gasteiger partial charge in [0.05, 0.1) is 12.7 Å². The van der Waals surface area contributed by atoms with E-state index in [9.17, 15) is 9.18 Å². The number of rotatable bonds is 8. The molecule has 32 heavy (non-hydrogen) atoms. The highest BCUT2D eigenvalue weighted by molar-refractivity contribution is 5.92. The van der Waals surface area contributed by atoms with Crippen molar-refractivity contribution in [2.75, 3.05) is 7.11 Å². The summed E-state index contributed by atoms with van der Waals surface area (Å²) in [6, 6.07) is 19.9. The van der Waals surface area contributed by atoms with Gasteiger partial charge in [-0.1, -0.05) is 41.6 Å². The summed E-state index contributed by atoms with van der Waals surface area (Å²) in [6.45, 7) is -0.0240. The highest BCUT2D eigenvalue weighted by Crippen LogP contribution is 2.27. The summed E-state index contributed by atoms with van der Waals surface area (Å²) < 4.78 is 34.6. The normalized spacial score (nSPS) is 10.6. The van der Waals surface area contributed by atoms with Crippen LogP contribution in [0, 0.1) is 5.82 Å². The Morgan fingerprint density at radius 3 is 2.44 bits per heavy atom. The summed E-state index contributed by atoms with van der Waals surface area (Å²) >= 11 is 0. The fraction of sp³-hybridized carbons (Fsp3) is 0.125. The molecule has 3 aromatic carbocycles. The molecular weight excluding hydrogens is 415 g/mol. The number of hydrogen-bond donors (Lipinski definition) is 0. The van der Waals surface area contributed by atoms with E-state index in [1.807, 2.05) is 12.1 Å². The van der Waals surface area contributed by atoms with Crippen LogP contribution < -0.4 is 9.47 Å². The van der Waals surface area contributed by atoms with E-state index < -0.39 is 5.97 Å². The third-order valence-corrected chi connectivity index (χ3v) is 4.56. The van der Waals surface area contributed by atoms with Gasteiger partial charge in [-0.25, -0.2) is 9.18 Å². The number of halogens is 1. The molecule has 0 radical (unpaired) electrons. The molecular formula is C24H19FN2O5. The molecule has 0 amide bonds. The van der Waals surface area contributed by atoms with Gasteiger partial charge in [0.25, 0.3) is 5.89 Å². The molecule has 0 fully saturated rings. The Hall–Kier alpha value is -4.20. The number of carbonyl (C=O) groups is 1. The topological polar surface area (TPSA) is 83.7 Å². The monoisotopic (exact) mass is 434 g/mol. The number of carbonyl (C=O) groups excluding carboxylic acids is 1. The van der Waals surface area contributed by atoms with Crippen molar-refractivity contribution in [1.82, 2.24) is 10.1 Å². The molecule has 0 bridgehead atoms. The zero-order valence-electron chi connectivity index (χ0n) is 17.2. The molecule has 4 rings (SSSR count). The minimum absolute atomic E-state index is 0.143. The minimum atomic E-state index is -0.600. The SMILES string of the molecule is COc1ccccc1-c1noc(COC(=O)c2ccccc2OCc2ccc(F)cc2)n1. The summed E-state index contributed by atoms with van der Waals surface area (Å²) in [5, 5.41) is 3.92. The number of benzene rings is 3. The maximum atomic E-state index is 13.1. The number of hydrogen-bond acceptors (Lipinski definition) is 7. The third kappa shape index (κ3) is 4.92. The Morgan fingerprint density at radius 2 is 1.66 bits per heavy atom. The van der Waals surface area contributed by atoms with Gasteiger partial charge in [-0.05, 0) is 42.0 Å². The maximum Gasteiger partial charge on any atom is 0.342 e. The fourth-order valence-electron chi connectivity index (χ4n) is 2.96. The third-order valence-electron chi connectivity index (χ3n) is 4.56. The molecule has 0 unspecified atom stereocenters. The van der Waals surface area contributed by atoms with Crippen LogP contribution in [0.1, 0.15) is 21.8 Å². The van der Waals surface area contributed by atoms with Crippen LogP contribution >= 0.6 is 0 Å². The van der Waals surface area contributed by atoms with Crippen LogP contribution in [0.4, 0.5) is 4.39 Å². The number of para-hydroxylation sites is 2. The zero-order chi connectivity index (χ0) is 22.3. The number of methoxy groups -OCH3 is 1. The molecule has 162 valence electrons. The lowest BCUT2D eigenvalue weighted by molar-refractivity contribution is 0.0425. The highest BCUT2D eigenvalue weighted by Gasteiger charge is 2.17. The summed E-state index contributed by atoms with van der Waals surface area (Å²) in [7, 11) is 1.55. The van der Waals surface area contributed by atoms with Crippen molar-refractivity contribution in [2.24, 2.45) is 0 Å². The summed E-state index contributed by atoms with van der Waals surface area (Å²) in [5.41, 5.74) is 1.68. The van der Waals surface area contributed by atoms with Gasteiger partial charge in [0, 0.05) is 0 Å². The molecule has 0 saturated carbocycles. The average Bonchev–Trinajstić information content (AvgIpc) is 3.31. The smallest absolute Gasteiger partial charge is 0.342 e. The van der Waals surface area contributed by atoms with E-state index in [0.717, 1.165) is 5.56 Å². The van der Waals surface area contributed by atoms with Gasteiger partial charge < -0.3 is 18.7 Å². The van der Waals surface area contributed by atoms with Crippen molar-refractivity contribution in [3.05, 3.63) is 95.6 Å². The molecule has 0 saturated heterocycles. The van der Waals surface area contributed by atoms with Crippen molar-refractivity contribution in [2.45, 2.75) is 13.2 Å². The molecule has 0 spiro atoms. The van der Waals surface area contributed by atoms with Crippen LogP contribution in [-0.2, 0) is 18.0 Å². The van der Waals surface area contributed by atoms with Crippen molar-refractivity contribution >= 4 is 5.97 Å². The Kier molecular flexibility index (Phi) is 6.41. The predicted molar refractivity (Wildman–Crippen MR) is 113 cm³/mol. The first-order valence-corrected chi connectivity index (χ1v) is 9.73. The fourth-order valence-corrected chi connectivity index (χ4v) is 2.96. The largest absolute Gasteiger partial charge is 0.496 e.